The molecule has 0 amide bonds. The highest BCUT2D eigenvalue weighted by Crippen LogP contribution is 2.22. The topological polar surface area (TPSA) is 109 Å². The molecule has 1 atom stereocenters. The van der Waals surface area contributed by atoms with Gasteiger partial charge in [-0.05, 0) is 11.5 Å². The molecule has 0 saturated carbocycles. The minimum Gasteiger partial charge on any atom is -0.480 e. The van der Waals surface area contributed by atoms with E-state index in [2.05, 4.69) is 4.72 Å². The summed E-state index contributed by atoms with van der Waals surface area (Å²) in [6.45, 7) is -0.320. The molecule has 0 fully saturated rings. The van der Waals surface area contributed by atoms with Crippen molar-refractivity contribution in [1.82, 2.24) is 4.72 Å². The molecule has 0 saturated heterocycles. The maximum atomic E-state index is 12.3. The van der Waals surface area contributed by atoms with Crippen LogP contribution in [0.5, 0.6) is 0 Å². The van der Waals surface area contributed by atoms with Crippen molar-refractivity contribution < 1.29 is 18.3 Å². The van der Waals surface area contributed by atoms with Gasteiger partial charge in [-0.3, -0.25) is 4.79 Å². The van der Waals surface area contributed by atoms with E-state index >= 15 is 0 Å². The Morgan fingerprint density at radius 3 is 2.50 bits per heavy atom. The Labute approximate surface area is 116 Å². The first kappa shape index (κ1) is 14.4. The molecule has 0 heterocycles. The van der Waals surface area contributed by atoms with Gasteiger partial charge in [-0.2, -0.15) is 4.72 Å². The molecule has 0 aliphatic carbocycles. The Hall–Kier alpha value is -1.96. The van der Waals surface area contributed by atoms with Crippen LogP contribution in [0.1, 0.15) is 0 Å². The molecule has 0 bridgehead atoms. The fraction of sp³-hybridized carbons (Fsp3) is 0.154. The lowest BCUT2D eigenvalue weighted by Crippen LogP contribution is -2.45. The zero-order chi connectivity index (χ0) is 14.8. The zero-order valence-corrected chi connectivity index (χ0v) is 11.3. The SMILES string of the molecule is NC[C@H](NS(=O)(=O)c1cccc2ccccc12)C(=O)O. The molecule has 0 aliphatic heterocycles. The van der Waals surface area contributed by atoms with Gasteiger partial charge in [0, 0.05) is 11.9 Å². The third kappa shape index (κ3) is 2.79. The summed E-state index contributed by atoms with van der Waals surface area (Å²) in [7, 11) is -3.95. The van der Waals surface area contributed by atoms with Crippen molar-refractivity contribution in [3.8, 4) is 0 Å². The van der Waals surface area contributed by atoms with Gasteiger partial charge in [0.05, 0.1) is 4.90 Å². The van der Waals surface area contributed by atoms with Crippen LogP contribution in [0.25, 0.3) is 10.8 Å². The van der Waals surface area contributed by atoms with E-state index in [0.29, 0.717) is 5.39 Å². The number of benzene rings is 2. The van der Waals surface area contributed by atoms with E-state index in [0.717, 1.165) is 5.39 Å². The monoisotopic (exact) mass is 294 g/mol. The number of sulfonamides is 1. The van der Waals surface area contributed by atoms with Gasteiger partial charge in [-0.15, -0.1) is 0 Å². The van der Waals surface area contributed by atoms with Crippen molar-refractivity contribution in [3.05, 3.63) is 42.5 Å². The summed E-state index contributed by atoms with van der Waals surface area (Å²) in [6, 6.07) is 10.4. The van der Waals surface area contributed by atoms with E-state index in [-0.39, 0.29) is 11.4 Å². The normalized spacial score (nSPS) is 13.2. The lowest BCUT2D eigenvalue weighted by Gasteiger charge is -2.14. The van der Waals surface area contributed by atoms with Crippen LogP contribution < -0.4 is 10.5 Å². The van der Waals surface area contributed by atoms with E-state index in [9.17, 15) is 13.2 Å². The molecule has 2 aromatic carbocycles. The maximum Gasteiger partial charge on any atom is 0.323 e. The van der Waals surface area contributed by atoms with E-state index in [1.807, 2.05) is 0 Å². The van der Waals surface area contributed by atoms with Crippen LogP contribution in [0.4, 0.5) is 0 Å². The lowest BCUT2D eigenvalue weighted by atomic mass is 10.1. The Kier molecular flexibility index (Phi) is 4.03. The number of carboxylic acid groups (broad SMARTS) is 1. The van der Waals surface area contributed by atoms with Crippen LogP contribution in [0, 0.1) is 0 Å². The summed E-state index contributed by atoms with van der Waals surface area (Å²) >= 11 is 0. The number of nitrogens with one attached hydrogen (secondary N) is 1. The minimum atomic E-state index is -3.95. The van der Waals surface area contributed by atoms with Gasteiger partial charge in [-0.25, -0.2) is 8.42 Å². The molecule has 0 aliphatic rings. The first-order chi connectivity index (χ1) is 9.45. The molecule has 7 heteroatoms. The molecule has 2 aromatic rings. The van der Waals surface area contributed by atoms with Crippen molar-refractivity contribution in [3.63, 3.8) is 0 Å². The standard InChI is InChI=1S/C13H14N2O4S/c14-8-11(13(16)17)15-20(18,19)12-7-3-5-9-4-1-2-6-10(9)12/h1-7,11,15H,8,14H2,(H,16,17)/t11-/m0/s1. The van der Waals surface area contributed by atoms with E-state index < -0.39 is 22.0 Å². The highest BCUT2D eigenvalue weighted by atomic mass is 32.2. The van der Waals surface area contributed by atoms with Crippen LogP contribution in [-0.2, 0) is 14.8 Å². The van der Waals surface area contributed by atoms with Crippen LogP contribution in [-0.4, -0.2) is 32.1 Å². The summed E-state index contributed by atoms with van der Waals surface area (Å²) in [5.74, 6) is -1.31. The van der Waals surface area contributed by atoms with Gasteiger partial charge in [0.2, 0.25) is 10.0 Å². The Balaban J connectivity index is 2.50. The van der Waals surface area contributed by atoms with Gasteiger partial charge >= 0.3 is 5.97 Å². The molecule has 6 nitrogen and oxygen atoms in total. The first-order valence-corrected chi connectivity index (χ1v) is 7.37. The molecular formula is C13H14N2O4S. The number of fused-ring (bicyclic) bond motifs is 1. The highest BCUT2D eigenvalue weighted by Gasteiger charge is 2.25. The van der Waals surface area contributed by atoms with Crippen molar-refractivity contribution in [1.29, 1.82) is 0 Å². The van der Waals surface area contributed by atoms with Crippen molar-refractivity contribution >= 4 is 26.8 Å². The summed E-state index contributed by atoms with van der Waals surface area (Å²) in [5, 5.41) is 10.2. The van der Waals surface area contributed by atoms with Gasteiger partial charge < -0.3 is 10.8 Å². The molecule has 0 aromatic heterocycles. The third-order valence-corrected chi connectivity index (χ3v) is 4.40. The predicted octanol–water partition coefficient (Wildman–Crippen LogP) is 0.530. The number of rotatable bonds is 5. The molecule has 20 heavy (non-hydrogen) atoms. The van der Waals surface area contributed by atoms with Gasteiger partial charge in [0.1, 0.15) is 6.04 Å². The number of nitrogens with two attached hydrogens (primary N) is 1. The van der Waals surface area contributed by atoms with Crippen LogP contribution >= 0.6 is 0 Å². The number of hydrogen-bond acceptors (Lipinski definition) is 4. The molecular weight excluding hydrogens is 280 g/mol. The second-order valence-corrected chi connectivity index (χ2v) is 5.91. The minimum absolute atomic E-state index is 0.0373. The molecule has 106 valence electrons. The van der Waals surface area contributed by atoms with Gasteiger partial charge in [-0.1, -0.05) is 36.4 Å². The smallest absolute Gasteiger partial charge is 0.323 e. The molecule has 4 N–H and O–H groups in total. The number of hydrogen-bond donors (Lipinski definition) is 3. The molecule has 2 rings (SSSR count). The number of aliphatic carboxylic acids is 1. The first-order valence-electron chi connectivity index (χ1n) is 5.88. The van der Waals surface area contributed by atoms with Crippen molar-refractivity contribution in [2.45, 2.75) is 10.9 Å². The van der Waals surface area contributed by atoms with Gasteiger partial charge in [0.25, 0.3) is 0 Å². The molecule has 0 radical (unpaired) electrons. The quantitative estimate of drug-likeness (QED) is 0.745. The summed E-state index contributed by atoms with van der Waals surface area (Å²) in [6.07, 6.45) is 0. The third-order valence-electron chi connectivity index (χ3n) is 2.87. The average Bonchev–Trinajstić information content (AvgIpc) is 2.43. The fourth-order valence-electron chi connectivity index (χ4n) is 1.88. The number of carbonyl (C=O) groups is 1. The Bertz CT molecular complexity index is 738. The largest absolute Gasteiger partial charge is 0.480 e. The Morgan fingerprint density at radius 2 is 1.85 bits per heavy atom. The molecule has 0 spiro atoms. The summed E-state index contributed by atoms with van der Waals surface area (Å²) in [4.78, 5) is 10.9. The van der Waals surface area contributed by atoms with Crippen LogP contribution in [0.2, 0.25) is 0 Å². The van der Waals surface area contributed by atoms with Gasteiger partial charge in [0.15, 0.2) is 0 Å². The second-order valence-electron chi connectivity index (χ2n) is 4.23. The predicted molar refractivity (Wildman–Crippen MR) is 74.7 cm³/mol. The van der Waals surface area contributed by atoms with E-state index in [1.165, 1.54) is 6.07 Å². The van der Waals surface area contributed by atoms with E-state index in [4.69, 9.17) is 10.8 Å². The van der Waals surface area contributed by atoms with Crippen molar-refractivity contribution in [2.75, 3.05) is 6.54 Å². The van der Waals surface area contributed by atoms with Crippen LogP contribution in [0.3, 0.4) is 0 Å². The lowest BCUT2D eigenvalue weighted by molar-refractivity contribution is -0.138. The highest BCUT2D eigenvalue weighted by molar-refractivity contribution is 7.89. The maximum absolute atomic E-state index is 12.3. The van der Waals surface area contributed by atoms with Crippen molar-refractivity contribution in [2.24, 2.45) is 5.73 Å². The molecule has 0 unspecified atom stereocenters. The fourth-order valence-corrected chi connectivity index (χ4v) is 3.31. The average molecular weight is 294 g/mol. The van der Waals surface area contributed by atoms with E-state index in [1.54, 1.807) is 36.4 Å². The zero-order valence-electron chi connectivity index (χ0n) is 10.5. The second kappa shape index (κ2) is 5.58. The summed E-state index contributed by atoms with van der Waals surface area (Å²) < 4.78 is 26.7. The summed E-state index contributed by atoms with van der Waals surface area (Å²) in [5.41, 5.74) is 5.26. The van der Waals surface area contributed by atoms with Crippen LogP contribution in [0.15, 0.2) is 47.4 Å². The Morgan fingerprint density at radius 1 is 1.20 bits per heavy atom. The number of carboxylic acids is 1.